The van der Waals surface area contributed by atoms with Gasteiger partial charge in [0.15, 0.2) is 0 Å². The van der Waals surface area contributed by atoms with Gasteiger partial charge in [-0.2, -0.15) is 0 Å². The number of aromatic nitrogens is 1. The molecule has 0 aromatic carbocycles. The van der Waals surface area contributed by atoms with Crippen LogP contribution in [0.25, 0.3) is 0 Å². The summed E-state index contributed by atoms with van der Waals surface area (Å²) in [4.78, 5) is 14.5. The van der Waals surface area contributed by atoms with Gasteiger partial charge in [0.25, 0.3) is 0 Å². The largest absolute Gasteiger partial charge is 0.478 e. The van der Waals surface area contributed by atoms with Gasteiger partial charge in [0.2, 0.25) is 10.0 Å². The van der Waals surface area contributed by atoms with Gasteiger partial charge in [0, 0.05) is 20.6 Å². The maximum atomic E-state index is 12.9. The van der Waals surface area contributed by atoms with Crippen LogP contribution >= 0.6 is 0 Å². The van der Waals surface area contributed by atoms with Crippen LogP contribution in [0, 0.1) is 5.82 Å². The third kappa shape index (κ3) is 4.14. The van der Waals surface area contributed by atoms with Crippen molar-refractivity contribution in [2.75, 3.05) is 31.7 Å². The van der Waals surface area contributed by atoms with Gasteiger partial charge in [-0.05, 0) is 6.07 Å². The molecule has 19 heavy (non-hydrogen) atoms. The van der Waals surface area contributed by atoms with Crippen molar-refractivity contribution in [3.8, 4) is 0 Å². The van der Waals surface area contributed by atoms with Crippen molar-refractivity contribution in [3.05, 3.63) is 23.6 Å². The average Bonchev–Trinajstić information content (AvgIpc) is 2.30. The van der Waals surface area contributed by atoms with E-state index in [0.717, 1.165) is 16.6 Å². The molecule has 0 bridgehead atoms. The molecule has 0 fully saturated rings. The molecular formula is C10H14FN3O4S. The number of pyridine rings is 1. The van der Waals surface area contributed by atoms with Gasteiger partial charge in [0.05, 0.1) is 11.9 Å². The first-order valence-electron chi connectivity index (χ1n) is 5.27. The lowest BCUT2D eigenvalue weighted by atomic mass is 10.2. The van der Waals surface area contributed by atoms with Gasteiger partial charge < -0.3 is 10.4 Å². The Morgan fingerprint density at radius 2 is 2.16 bits per heavy atom. The number of nitrogens with one attached hydrogen (secondary N) is 1. The molecular weight excluding hydrogens is 277 g/mol. The smallest absolute Gasteiger partial charge is 0.339 e. The van der Waals surface area contributed by atoms with Gasteiger partial charge in [-0.3, -0.25) is 0 Å². The highest BCUT2D eigenvalue weighted by atomic mass is 32.2. The Hall–Kier alpha value is -1.74. The van der Waals surface area contributed by atoms with Gasteiger partial charge in [-0.25, -0.2) is 26.9 Å². The molecule has 0 spiro atoms. The number of hydrogen-bond donors (Lipinski definition) is 2. The standard InChI is InChI=1S/C10H14FN3O4S/c1-14(2)19(17,18)4-3-12-9-8(10(15)16)5-7(11)6-13-9/h5-6H,3-4H2,1-2H3,(H,12,13)(H,15,16). The quantitative estimate of drug-likeness (QED) is 0.778. The predicted octanol–water partition coefficient (Wildman–Crippen LogP) is 0.222. The second-order valence-electron chi connectivity index (χ2n) is 3.88. The average molecular weight is 291 g/mol. The molecule has 1 heterocycles. The molecule has 0 aliphatic heterocycles. The zero-order valence-electron chi connectivity index (χ0n) is 10.4. The van der Waals surface area contributed by atoms with Crippen molar-refractivity contribution in [3.63, 3.8) is 0 Å². The Morgan fingerprint density at radius 3 is 2.68 bits per heavy atom. The first-order valence-corrected chi connectivity index (χ1v) is 6.88. The number of anilines is 1. The highest BCUT2D eigenvalue weighted by molar-refractivity contribution is 7.89. The predicted molar refractivity (Wildman–Crippen MR) is 67.1 cm³/mol. The molecule has 0 aliphatic carbocycles. The molecule has 7 nitrogen and oxygen atoms in total. The minimum absolute atomic E-state index is 0.0283. The maximum absolute atomic E-state index is 12.9. The van der Waals surface area contributed by atoms with Crippen LogP contribution in [0.3, 0.4) is 0 Å². The summed E-state index contributed by atoms with van der Waals surface area (Å²) in [5.74, 6) is -2.41. The van der Waals surface area contributed by atoms with Crippen LogP contribution in [0.5, 0.6) is 0 Å². The lowest BCUT2D eigenvalue weighted by molar-refractivity contribution is 0.0697. The molecule has 1 rings (SSSR count). The van der Waals surface area contributed by atoms with Gasteiger partial charge in [0.1, 0.15) is 17.2 Å². The van der Waals surface area contributed by atoms with Crippen molar-refractivity contribution in [2.24, 2.45) is 0 Å². The fourth-order valence-corrected chi connectivity index (χ4v) is 1.95. The molecule has 0 saturated heterocycles. The van der Waals surface area contributed by atoms with E-state index in [1.165, 1.54) is 14.1 Å². The molecule has 1 aromatic rings. The van der Waals surface area contributed by atoms with Crippen molar-refractivity contribution in [1.29, 1.82) is 0 Å². The summed E-state index contributed by atoms with van der Waals surface area (Å²) < 4.78 is 36.9. The van der Waals surface area contributed by atoms with E-state index in [1.807, 2.05) is 0 Å². The number of sulfonamides is 1. The van der Waals surface area contributed by atoms with E-state index in [1.54, 1.807) is 0 Å². The van der Waals surface area contributed by atoms with E-state index < -0.39 is 21.8 Å². The van der Waals surface area contributed by atoms with Crippen LogP contribution in [-0.4, -0.2) is 55.2 Å². The molecule has 1 aromatic heterocycles. The lowest BCUT2D eigenvalue weighted by Gasteiger charge is -2.12. The maximum Gasteiger partial charge on any atom is 0.339 e. The summed E-state index contributed by atoms with van der Waals surface area (Å²) in [7, 11) is -0.594. The number of nitrogens with zero attached hydrogens (tertiary/aromatic N) is 2. The van der Waals surface area contributed by atoms with Crippen LogP contribution < -0.4 is 5.32 Å². The summed E-state index contributed by atoms with van der Waals surface area (Å²) in [5, 5.41) is 11.4. The molecule has 0 amide bonds. The van der Waals surface area contributed by atoms with Crippen LogP contribution in [0.4, 0.5) is 10.2 Å². The molecule has 2 N–H and O–H groups in total. The Labute approximate surface area is 110 Å². The molecule has 9 heteroatoms. The van der Waals surface area contributed by atoms with Crippen molar-refractivity contribution in [1.82, 2.24) is 9.29 Å². The summed E-state index contributed by atoms with van der Waals surface area (Å²) in [6.45, 7) is -0.0283. The summed E-state index contributed by atoms with van der Waals surface area (Å²) >= 11 is 0. The zero-order valence-corrected chi connectivity index (χ0v) is 11.2. The normalized spacial score (nSPS) is 11.6. The van der Waals surface area contributed by atoms with Crippen molar-refractivity contribution >= 4 is 21.8 Å². The molecule has 0 radical (unpaired) electrons. The minimum Gasteiger partial charge on any atom is -0.478 e. The van der Waals surface area contributed by atoms with Crippen molar-refractivity contribution in [2.45, 2.75) is 0 Å². The molecule has 0 aliphatic rings. The third-order valence-electron chi connectivity index (χ3n) is 2.29. The van der Waals surface area contributed by atoms with E-state index in [4.69, 9.17) is 5.11 Å². The van der Waals surface area contributed by atoms with Crippen LogP contribution in [0.2, 0.25) is 0 Å². The van der Waals surface area contributed by atoms with E-state index >= 15 is 0 Å². The Balaban J connectivity index is 2.77. The molecule has 0 saturated carbocycles. The molecule has 0 unspecified atom stereocenters. The summed E-state index contributed by atoms with van der Waals surface area (Å²) in [6.07, 6.45) is 0.856. The fourth-order valence-electron chi connectivity index (χ4n) is 1.22. The number of hydrogen-bond acceptors (Lipinski definition) is 5. The molecule has 0 atom stereocenters. The second kappa shape index (κ2) is 5.93. The third-order valence-corrected chi connectivity index (χ3v) is 4.13. The number of aromatic carboxylic acids is 1. The summed E-state index contributed by atoms with van der Waals surface area (Å²) in [5.41, 5.74) is -0.345. The van der Waals surface area contributed by atoms with Crippen molar-refractivity contribution < 1.29 is 22.7 Å². The van der Waals surface area contributed by atoms with Gasteiger partial charge in [-0.1, -0.05) is 0 Å². The highest BCUT2D eigenvalue weighted by Gasteiger charge is 2.16. The topological polar surface area (TPSA) is 99.6 Å². The Morgan fingerprint density at radius 1 is 1.53 bits per heavy atom. The monoisotopic (exact) mass is 291 g/mol. The number of rotatable bonds is 6. The number of carboxylic acids is 1. The van der Waals surface area contributed by atoms with E-state index in [9.17, 15) is 17.6 Å². The van der Waals surface area contributed by atoms with Gasteiger partial charge >= 0.3 is 5.97 Å². The Kier molecular flexibility index (Phi) is 4.78. The van der Waals surface area contributed by atoms with E-state index in [0.29, 0.717) is 0 Å². The van der Waals surface area contributed by atoms with Gasteiger partial charge in [-0.15, -0.1) is 0 Å². The fraction of sp³-hybridized carbons (Fsp3) is 0.400. The number of carboxylic acid groups (broad SMARTS) is 1. The SMILES string of the molecule is CN(C)S(=O)(=O)CCNc1ncc(F)cc1C(=O)O. The summed E-state index contributed by atoms with van der Waals surface area (Å²) in [6, 6.07) is 0.818. The lowest BCUT2D eigenvalue weighted by Crippen LogP contribution is -2.28. The van der Waals surface area contributed by atoms with Crippen LogP contribution in [0.1, 0.15) is 10.4 Å². The van der Waals surface area contributed by atoms with Crippen LogP contribution in [-0.2, 0) is 10.0 Å². The second-order valence-corrected chi connectivity index (χ2v) is 6.18. The first kappa shape index (κ1) is 15.3. The Bertz CT molecular complexity index is 574. The zero-order chi connectivity index (χ0) is 14.6. The number of carbonyl (C=O) groups is 1. The highest BCUT2D eigenvalue weighted by Crippen LogP contribution is 2.13. The molecule has 106 valence electrons. The number of halogens is 1. The van der Waals surface area contributed by atoms with E-state index in [2.05, 4.69) is 10.3 Å². The van der Waals surface area contributed by atoms with Crippen LogP contribution in [0.15, 0.2) is 12.3 Å². The van der Waals surface area contributed by atoms with E-state index in [-0.39, 0.29) is 23.7 Å². The first-order chi connectivity index (χ1) is 8.74. The minimum atomic E-state index is -3.39.